The molecule has 0 radical (unpaired) electrons. The zero-order valence-electron chi connectivity index (χ0n) is 12.5. The van der Waals surface area contributed by atoms with Crippen LogP contribution in [0, 0.1) is 6.92 Å². The Morgan fingerprint density at radius 3 is 2.77 bits per heavy atom. The van der Waals surface area contributed by atoms with Crippen LogP contribution in [0.5, 0.6) is 0 Å². The van der Waals surface area contributed by atoms with Gasteiger partial charge in [-0.2, -0.15) is 0 Å². The molecule has 1 aromatic carbocycles. The summed E-state index contributed by atoms with van der Waals surface area (Å²) in [4.78, 5) is 29.0. The maximum Gasteiger partial charge on any atom is 0.338 e. The van der Waals surface area contributed by atoms with Crippen molar-refractivity contribution < 1.29 is 14.3 Å². The van der Waals surface area contributed by atoms with Crippen molar-refractivity contribution in [2.45, 2.75) is 25.9 Å². The molecule has 0 atom stereocenters. The molecular formula is C17H18N2O3. The normalized spacial score (nSPS) is 15.8. The van der Waals surface area contributed by atoms with Gasteiger partial charge in [0.25, 0.3) is 0 Å². The second kappa shape index (κ2) is 6.13. The van der Waals surface area contributed by atoms with E-state index in [-0.39, 0.29) is 12.1 Å². The molecule has 0 unspecified atom stereocenters. The number of aromatic nitrogens is 1. The highest BCUT2D eigenvalue weighted by Crippen LogP contribution is 2.18. The van der Waals surface area contributed by atoms with Gasteiger partial charge >= 0.3 is 5.97 Å². The van der Waals surface area contributed by atoms with E-state index in [0.717, 1.165) is 23.0 Å². The van der Waals surface area contributed by atoms with E-state index in [2.05, 4.69) is 4.98 Å². The molecule has 3 rings (SSSR count). The third kappa shape index (κ3) is 3.08. The van der Waals surface area contributed by atoms with Crippen molar-refractivity contribution in [3.05, 3.63) is 41.6 Å². The largest absolute Gasteiger partial charge is 0.459 e. The molecule has 2 heterocycles. The number of likely N-dealkylation sites (tertiary alicyclic amines) is 1. The summed E-state index contributed by atoms with van der Waals surface area (Å²) in [6.45, 7) is 3.22. The number of benzene rings is 1. The van der Waals surface area contributed by atoms with Crippen molar-refractivity contribution in [2.75, 3.05) is 13.1 Å². The van der Waals surface area contributed by atoms with Crippen LogP contribution in [0.15, 0.2) is 30.3 Å². The molecule has 2 aromatic rings. The van der Waals surface area contributed by atoms with E-state index in [4.69, 9.17) is 4.74 Å². The van der Waals surface area contributed by atoms with E-state index in [1.807, 2.05) is 31.2 Å². The predicted octanol–water partition coefficient (Wildman–Crippen LogP) is 2.32. The zero-order valence-corrected chi connectivity index (χ0v) is 12.5. The fraction of sp³-hybridized carbons (Fsp3) is 0.353. The van der Waals surface area contributed by atoms with Gasteiger partial charge in [-0.3, -0.25) is 9.78 Å². The standard InChI is InChI=1S/C17H18N2O3/c1-12-2-3-13-10-14(4-5-16(13)18-12)17(21)22-15-6-8-19(11-20)9-7-15/h2-5,10-11,15H,6-9H2,1H3. The Hall–Kier alpha value is -2.43. The first kappa shape index (κ1) is 14.5. The Balaban J connectivity index is 1.70. The number of ether oxygens (including phenoxy) is 1. The van der Waals surface area contributed by atoms with Gasteiger partial charge in [-0.1, -0.05) is 6.07 Å². The highest BCUT2D eigenvalue weighted by molar-refractivity contribution is 5.94. The van der Waals surface area contributed by atoms with Crippen LogP contribution >= 0.6 is 0 Å². The van der Waals surface area contributed by atoms with Gasteiger partial charge in [0.05, 0.1) is 11.1 Å². The first-order valence-corrected chi connectivity index (χ1v) is 7.43. The molecule has 114 valence electrons. The van der Waals surface area contributed by atoms with Gasteiger partial charge in [0.2, 0.25) is 6.41 Å². The highest BCUT2D eigenvalue weighted by Gasteiger charge is 2.22. The number of piperidine rings is 1. The van der Waals surface area contributed by atoms with Crippen molar-refractivity contribution in [3.63, 3.8) is 0 Å². The monoisotopic (exact) mass is 298 g/mol. The summed E-state index contributed by atoms with van der Waals surface area (Å²) < 4.78 is 5.54. The lowest BCUT2D eigenvalue weighted by molar-refractivity contribution is -0.120. The van der Waals surface area contributed by atoms with Crippen molar-refractivity contribution in [3.8, 4) is 0 Å². The molecule has 1 aliphatic rings. The number of carbonyl (C=O) groups excluding carboxylic acids is 2. The molecule has 1 amide bonds. The quantitative estimate of drug-likeness (QED) is 0.644. The molecule has 0 N–H and O–H groups in total. The number of fused-ring (bicyclic) bond motifs is 1. The zero-order chi connectivity index (χ0) is 15.5. The van der Waals surface area contributed by atoms with E-state index < -0.39 is 0 Å². The summed E-state index contributed by atoms with van der Waals surface area (Å²) in [7, 11) is 0. The van der Waals surface area contributed by atoms with E-state index >= 15 is 0 Å². The summed E-state index contributed by atoms with van der Waals surface area (Å²) in [5, 5.41) is 0.927. The third-order valence-corrected chi connectivity index (χ3v) is 3.96. The molecule has 22 heavy (non-hydrogen) atoms. The lowest BCUT2D eigenvalue weighted by Crippen LogP contribution is -2.36. The molecule has 5 heteroatoms. The van der Waals surface area contributed by atoms with E-state index in [9.17, 15) is 9.59 Å². The van der Waals surface area contributed by atoms with E-state index in [1.54, 1.807) is 11.0 Å². The van der Waals surface area contributed by atoms with Gasteiger partial charge in [-0.25, -0.2) is 4.79 Å². The van der Waals surface area contributed by atoms with Gasteiger partial charge in [0, 0.05) is 37.0 Å². The molecule has 0 aliphatic carbocycles. The minimum Gasteiger partial charge on any atom is -0.459 e. The van der Waals surface area contributed by atoms with Gasteiger partial charge in [0.15, 0.2) is 0 Å². The molecule has 1 aliphatic heterocycles. The van der Waals surface area contributed by atoms with Crippen LogP contribution in [0.25, 0.3) is 10.9 Å². The minimum atomic E-state index is -0.313. The summed E-state index contributed by atoms with van der Waals surface area (Å²) in [5.41, 5.74) is 2.36. The number of carbonyl (C=O) groups is 2. The number of esters is 1. The van der Waals surface area contributed by atoms with Crippen LogP contribution in [0.4, 0.5) is 0 Å². The number of rotatable bonds is 3. The number of nitrogens with zero attached hydrogens (tertiary/aromatic N) is 2. The Kier molecular flexibility index (Phi) is 4.04. The fourth-order valence-corrected chi connectivity index (χ4v) is 2.67. The molecule has 0 saturated carbocycles. The molecule has 0 bridgehead atoms. The second-order valence-electron chi connectivity index (χ2n) is 5.61. The van der Waals surface area contributed by atoms with Crippen LogP contribution in [0.1, 0.15) is 28.9 Å². The third-order valence-electron chi connectivity index (χ3n) is 3.96. The van der Waals surface area contributed by atoms with Gasteiger partial charge in [-0.05, 0) is 31.2 Å². The van der Waals surface area contributed by atoms with Crippen LogP contribution in [-0.2, 0) is 9.53 Å². The molecule has 1 aromatic heterocycles. The lowest BCUT2D eigenvalue weighted by Gasteiger charge is -2.28. The molecule has 5 nitrogen and oxygen atoms in total. The van der Waals surface area contributed by atoms with Crippen LogP contribution in [-0.4, -0.2) is 41.5 Å². The van der Waals surface area contributed by atoms with Crippen molar-refractivity contribution in [2.24, 2.45) is 0 Å². The fourth-order valence-electron chi connectivity index (χ4n) is 2.67. The summed E-state index contributed by atoms with van der Waals surface area (Å²) in [6, 6.07) is 9.28. The van der Waals surface area contributed by atoms with E-state index in [0.29, 0.717) is 31.5 Å². The Morgan fingerprint density at radius 2 is 2.05 bits per heavy atom. The van der Waals surface area contributed by atoms with Crippen molar-refractivity contribution >= 4 is 23.3 Å². The first-order chi connectivity index (χ1) is 10.7. The van der Waals surface area contributed by atoms with E-state index in [1.165, 1.54) is 0 Å². The second-order valence-corrected chi connectivity index (χ2v) is 5.61. The highest BCUT2D eigenvalue weighted by atomic mass is 16.5. The SMILES string of the molecule is Cc1ccc2cc(C(=O)OC3CCN(C=O)CC3)ccc2n1. The Labute approximate surface area is 128 Å². The molecule has 1 fully saturated rings. The number of amides is 1. The summed E-state index contributed by atoms with van der Waals surface area (Å²) >= 11 is 0. The number of hydrogen-bond donors (Lipinski definition) is 0. The Bertz CT molecular complexity index is 706. The molecule has 0 spiro atoms. The van der Waals surface area contributed by atoms with Crippen LogP contribution < -0.4 is 0 Å². The summed E-state index contributed by atoms with van der Waals surface area (Å²) in [5.74, 6) is -0.313. The van der Waals surface area contributed by atoms with Crippen molar-refractivity contribution in [1.82, 2.24) is 9.88 Å². The van der Waals surface area contributed by atoms with Crippen LogP contribution in [0.3, 0.4) is 0 Å². The smallest absolute Gasteiger partial charge is 0.338 e. The average molecular weight is 298 g/mol. The van der Waals surface area contributed by atoms with Crippen molar-refractivity contribution in [1.29, 1.82) is 0 Å². The summed E-state index contributed by atoms with van der Waals surface area (Å²) in [6.07, 6.45) is 2.11. The maximum atomic E-state index is 12.2. The van der Waals surface area contributed by atoms with Gasteiger partial charge < -0.3 is 9.64 Å². The topological polar surface area (TPSA) is 59.5 Å². The first-order valence-electron chi connectivity index (χ1n) is 7.43. The molecular weight excluding hydrogens is 280 g/mol. The van der Waals surface area contributed by atoms with Gasteiger partial charge in [-0.15, -0.1) is 0 Å². The number of hydrogen-bond acceptors (Lipinski definition) is 4. The minimum absolute atomic E-state index is 0.115. The Morgan fingerprint density at radius 1 is 1.27 bits per heavy atom. The molecule has 1 saturated heterocycles. The maximum absolute atomic E-state index is 12.2. The number of pyridine rings is 1. The van der Waals surface area contributed by atoms with Gasteiger partial charge in [0.1, 0.15) is 6.10 Å². The number of aryl methyl sites for hydroxylation is 1. The lowest BCUT2D eigenvalue weighted by atomic mass is 10.1. The average Bonchev–Trinajstić information content (AvgIpc) is 2.55. The van der Waals surface area contributed by atoms with Crippen LogP contribution in [0.2, 0.25) is 0 Å². The predicted molar refractivity (Wildman–Crippen MR) is 82.6 cm³/mol.